The highest BCUT2D eigenvalue weighted by Gasteiger charge is 2.68. The van der Waals surface area contributed by atoms with Crippen LogP contribution >= 0.6 is 0 Å². The first kappa shape index (κ1) is 23.1. The van der Waals surface area contributed by atoms with Gasteiger partial charge in [0.25, 0.3) is 0 Å². The third kappa shape index (κ3) is 2.71. The summed E-state index contributed by atoms with van der Waals surface area (Å²) in [6.45, 7) is 17.4. The van der Waals surface area contributed by atoms with Gasteiger partial charge in [-0.25, -0.2) is 0 Å². The average Bonchev–Trinajstić information content (AvgIpc) is 2.73. The molecule has 5 rings (SSSR count). The van der Waals surface area contributed by atoms with E-state index in [4.69, 9.17) is 0 Å². The molecule has 0 saturated heterocycles. The van der Waals surface area contributed by atoms with E-state index >= 15 is 0 Å². The Morgan fingerprint density at radius 1 is 0.906 bits per heavy atom. The second-order valence-electron chi connectivity index (χ2n) is 14.9. The molecule has 0 radical (unpaired) electrons. The minimum atomic E-state index is -0.544. The van der Waals surface area contributed by atoms with Crippen LogP contribution in [0.2, 0.25) is 0 Å². The van der Waals surface area contributed by atoms with Crippen molar-refractivity contribution in [2.24, 2.45) is 50.2 Å². The van der Waals surface area contributed by atoms with E-state index < -0.39 is 5.41 Å². The Balaban J connectivity index is 1.58. The van der Waals surface area contributed by atoms with Gasteiger partial charge in [0.2, 0.25) is 0 Å². The first-order valence-corrected chi connectivity index (χ1v) is 13.6. The fraction of sp³-hybridized carbons (Fsp3) is 0.900. The molecule has 8 atom stereocenters. The molecule has 4 saturated carbocycles. The lowest BCUT2D eigenvalue weighted by atomic mass is 9.33. The zero-order chi connectivity index (χ0) is 23.4. The van der Waals surface area contributed by atoms with Crippen molar-refractivity contribution in [1.29, 1.82) is 0 Å². The Bertz CT molecular complexity index is 855. The lowest BCUT2D eigenvalue weighted by Gasteiger charge is -2.70. The van der Waals surface area contributed by atoms with E-state index in [2.05, 4.69) is 54.5 Å². The number of aliphatic hydroxyl groups excluding tert-OH is 1. The van der Waals surface area contributed by atoms with E-state index in [0.29, 0.717) is 40.3 Å². The topological polar surface area (TPSA) is 37.3 Å². The van der Waals surface area contributed by atoms with Crippen molar-refractivity contribution in [1.82, 2.24) is 0 Å². The molecule has 5 aliphatic carbocycles. The molecule has 180 valence electrons. The molecule has 2 heteroatoms. The van der Waals surface area contributed by atoms with Crippen LogP contribution in [0.15, 0.2) is 11.6 Å². The van der Waals surface area contributed by atoms with Crippen molar-refractivity contribution in [3.8, 4) is 0 Å². The van der Waals surface area contributed by atoms with E-state index in [1.54, 1.807) is 0 Å². The number of rotatable bonds is 1. The summed E-state index contributed by atoms with van der Waals surface area (Å²) in [6, 6.07) is 0. The monoisotopic (exact) mass is 440 g/mol. The summed E-state index contributed by atoms with van der Waals surface area (Å²) in [7, 11) is 0. The SMILES string of the molecule is CC1(C)CCC2(C)CCC3(C)C(=CCC4C5(C)CCC(=O)C(C)(CO)C5CCC43C)C2C1. The summed E-state index contributed by atoms with van der Waals surface area (Å²) in [5, 5.41) is 10.3. The number of ketones is 1. The van der Waals surface area contributed by atoms with Crippen LogP contribution in [0.4, 0.5) is 0 Å². The Kier molecular flexibility index (Phi) is 4.87. The Morgan fingerprint density at radius 2 is 1.59 bits per heavy atom. The molecule has 1 N–H and O–H groups in total. The normalized spacial score (nSPS) is 54.6. The van der Waals surface area contributed by atoms with Crippen LogP contribution in [-0.4, -0.2) is 17.5 Å². The number of carbonyl (C=O) groups is 1. The summed E-state index contributed by atoms with van der Waals surface area (Å²) < 4.78 is 0. The third-order valence-electron chi connectivity index (χ3n) is 13.0. The van der Waals surface area contributed by atoms with Crippen LogP contribution in [0, 0.1) is 50.2 Å². The fourth-order valence-corrected chi connectivity index (χ4v) is 10.3. The van der Waals surface area contributed by atoms with Crippen molar-refractivity contribution in [3.63, 3.8) is 0 Å². The predicted octanol–water partition coefficient (Wildman–Crippen LogP) is 7.35. The lowest BCUT2D eigenvalue weighted by molar-refractivity contribution is -0.191. The number of Topliss-reactive ketones (excluding diaryl/α,β-unsaturated/α-hetero) is 1. The molecule has 4 fully saturated rings. The third-order valence-corrected chi connectivity index (χ3v) is 13.0. The van der Waals surface area contributed by atoms with Crippen molar-refractivity contribution in [2.45, 2.75) is 113 Å². The highest BCUT2D eigenvalue weighted by atomic mass is 16.3. The minimum absolute atomic E-state index is 0.0173. The van der Waals surface area contributed by atoms with Gasteiger partial charge < -0.3 is 5.11 Å². The van der Waals surface area contributed by atoms with Gasteiger partial charge in [-0.15, -0.1) is 0 Å². The summed E-state index contributed by atoms with van der Waals surface area (Å²) >= 11 is 0. The van der Waals surface area contributed by atoms with Crippen LogP contribution in [0.25, 0.3) is 0 Å². The van der Waals surface area contributed by atoms with E-state index in [-0.39, 0.29) is 17.4 Å². The molecule has 0 aromatic carbocycles. The molecule has 8 unspecified atom stereocenters. The zero-order valence-electron chi connectivity index (χ0n) is 21.9. The molecular weight excluding hydrogens is 392 g/mol. The molecule has 0 heterocycles. The molecule has 0 aromatic heterocycles. The van der Waals surface area contributed by atoms with E-state index in [0.717, 1.165) is 18.8 Å². The number of fused-ring (bicyclic) bond motifs is 7. The van der Waals surface area contributed by atoms with Gasteiger partial charge in [-0.2, -0.15) is 0 Å². The maximum absolute atomic E-state index is 13.0. The average molecular weight is 441 g/mol. The quantitative estimate of drug-likeness (QED) is 0.433. The maximum atomic E-state index is 13.0. The van der Waals surface area contributed by atoms with E-state index in [1.165, 1.54) is 44.9 Å². The standard InChI is InChI=1S/C30H48O2/c1-25(2)14-15-26(3)16-17-29(6)20(21(26)18-25)8-9-23-27(4)12-11-24(32)28(5,19-31)22(27)10-13-30(23,29)7/h8,21-23,31H,9-19H2,1-7H3. The molecule has 2 nitrogen and oxygen atoms in total. The first-order valence-electron chi connectivity index (χ1n) is 13.6. The molecule has 0 aromatic rings. The van der Waals surface area contributed by atoms with Gasteiger partial charge in [0.15, 0.2) is 0 Å². The predicted molar refractivity (Wildman–Crippen MR) is 131 cm³/mol. The molecule has 5 aliphatic rings. The van der Waals surface area contributed by atoms with Gasteiger partial charge in [-0.3, -0.25) is 4.79 Å². The smallest absolute Gasteiger partial charge is 0.141 e. The zero-order valence-corrected chi connectivity index (χ0v) is 21.9. The van der Waals surface area contributed by atoms with Gasteiger partial charge in [-0.05, 0) is 103 Å². The number of hydrogen-bond acceptors (Lipinski definition) is 2. The van der Waals surface area contributed by atoms with Gasteiger partial charge in [0, 0.05) is 6.42 Å². The van der Waals surface area contributed by atoms with Crippen LogP contribution in [0.3, 0.4) is 0 Å². The summed E-state index contributed by atoms with van der Waals surface area (Å²) in [5.74, 6) is 1.98. The largest absolute Gasteiger partial charge is 0.395 e. The van der Waals surface area contributed by atoms with Crippen molar-refractivity contribution in [3.05, 3.63) is 11.6 Å². The van der Waals surface area contributed by atoms with Gasteiger partial charge >= 0.3 is 0 Å². The number of aliphatic hydroxyl groups is 1. The van der Waals surface area contributed by atoms with Crippen molar-refractivity contribution >= 4 is 5.78 Å². The van der Waals surface area contributed by atoms with E-state index in [1.807, 2.05) is 5.57 Å². The second-order valence-corrected chi connectivity index (χ2v) is 14.9. The highest BCUT2D eigenvalue weighted by molar-refractivity contribution is 5.86. The molecule has 0 aliphatic heterocycles. The van der Waals surface area contributed by atoms with E-state index in [9.17, 15) is 9.90 Å². The molecule has 0 spiro atoms. The summed E-state index contributed by atoms with van der Waals surface area (Å²) in [6.07, 6.45) is 14.7. The Labute approximate surface area is 197 Å². The highest BCUT2D eigenvalue weighted by Crippen LogP contribution is 2.75. The van der Waals surface area contributed by atoms with Crippen LogP contribution in [0.1, 0.15) is 113 Å². The first-order chi connectivity index (χ1) is 14.8. The number of hydrogen-bond donors (Lipinski definition) is 1. The molecular formula is C30H48O2. The van der Waals surface area contributed by atoms with Crippen molar-refractivity contribution < 1.29 is 9.90 Å². The lowest BCUT2D eigenvalue weighted by Crippen LogP contribution is -2.64. The minimum Gasteiger partial charge on any atom is -0.395 e. The second kappa shape index (κ2) is 6.73. The maximum Gasteiger partial charge on any atom is 0.141 e. The van der Waals surface area contributed by atoms with Crippen LogP contribution in [-0.2, 0) is 4.79 Å². The van der Waals surface area contributed by atoms with Gasteiger partial charge in [-0.1, -0.05) is 60.1 Å². The summed E-state index contributed by atoms with van der Waals surface area (Å²) in [4.78, 5) is 13.0. The van der Waals surface area contributed by atoms with Gasteiger partial charge in [0.05, 0.1) is 12.0 Å². The molecule has 0 bridgehead atoms. The fourth-order valence-electron chi connectivity index (χ4n) is 10.3. The van der Waals surface area contributed by atoms with Crippen LogP contribution in [0.5, 0.6) is 0 Å². The Morgan fingerprint density at radius 3 is 2.28 bits per heavy atom. The number of carbonyl (C=O) groups excluding carboxylic acids is 1. The Hall–Kier alpha value is -0.630. The molecule has 0 amide bonds. The van der Waals surface area contributed by atoms with Gasteiger partial charge in [0.1, 0.15) is 5.78 Å². The molecule has 32 heavy (non-hydrogen) atoms. The summed E-state index contributed by atoms with van der Waals surface area (Å²) in [5.41, 5.74) is 2.93. The van der Waals surface area contributed by atoms with Crippen molar-refractivity contribution in [2.75, 3.05) is 6.61 Å². The number of allylic oxidation sites excluding steroid dienone is 2. The van der Waals surface area contributed by atoms with Crippen LogP contribution < -0.4 is 0 Å².